The second-order valence-corrected chi connectivity index (χ2v) is 3.45. The molecule has 1 aliphatic heterocycles. The average Bonchev–Trinajstić information content (AvgIpc) is 2.14. The monoisotopic (exact) mass is 182 g/mol. The van der Waals surface area contributed by atoms with Gasteiger partial charge < -0.3 is 10.2 Å². The van der Waals surface area contributed by atoms with E-state index in [-0.39, 0.29) is 5.91 Å². The Morgan fingerprint density at radius 2 is 2.46 bits per heavy atom. The molecule has 3 nitrogen and oxygen atoms in total. The van der Waals surface area contributed by atoms with Crippen LogP contribution in [0.15, 0.2) is 12.2 Å². The van der Waals surface area contributed by atoms with Gasteiger partial charge in [0.15, 0.2) is 0 Å². The Kier molecular flexibility index (Phi) is 3.96. The standard InChI is InChI=1S/C10H18N2O/c1-3-4-5-10(13)12-7-6-11-9(2)8-12/h4-5,9,11H,3,6-8H2,1-2H3/b5-4+. The number of hydrogen-bond acceptors (Lipinski definition) is 2. The van der Waals surface area contributed by atoms with Crippen LogP contribution in [0, 0.1) is 0 Å². The van der Waals surface area contributed by atoms with E-state index >= 15 is 0 Å². The number of amides is 1. The van der Waals surface area contributed by atoms with Crippen molar-refractivity contribution >= 4 is 5.91 Å². The van der Waals surface area contributed by atoms with Crippen LogP contribution in [0.1, 0.15) is 20.3 Å². The molecule has 1 unspecified atom stereocenters. The largest absolute Gasteiger partial charge is 0.336 e. The molecule has 0 aromatic rings. The van der Waals surface area contributed by atoms with E-state index in [9.17, 15) is 4.79 Å². The fourth-order valence-corrected chi connectivity index (χ4v) is 1.46. The fraction of sp³-hybridized carbons (Fsp3) is 0.700. The molecule has 0 aromatic heterocycles. The summed E-state index contributed by atoms with van der Waals surface area (Å²) in [6, 6.07) is 0.424. The molecular formula is C10H18N2O. The predicted molar refractivity (Wildman–Crippen MR) is 53.5 cm³/mol. The van der Waals surface area contributed by atoms with Crippen LogP contribution in [0.2, 0.25) is 0 Å². The lowest BCUT2D eigenvalue weighted by atomic mass is 10.2. The van der Waals surface area contributed by atoms with Crippen LogP contribution in [-0.4, -0.2) is 36.5 Å². The first-order valence-corrected chi connectivity index (χ1v) is 4.93. The Morgan fingerprint density at radius 3 is 3.08 bits per heavy atom. The van der Waals surface area contributed by atoms with Crippen molar-refractivity contribution in [3.8, 4) is 0 Å². The van der Waals surface area contributed by atoms with E-state index in [0.29, 0.717) is 6.04 Å². The van der Waals surface area contributed by atoms with Gasteiger partial charge in [-0.3, -0.25) is 4.79 Å². The van der Waals surface area contributed by atoms with Gasteiger partial charge in [-0.15, -0.1) is 0 Å². The van der Waals surface area contributed by atoms with E-state index in [2.05, 4.69) is 12.2 Å². The quantitative estimate of drug-likeness (QED) is 0.640. The molecule has 0 bridgehead atoms. The molecule has 13 heavy (non-hydrogen) atoms. The molecule has 1 rings (SSSR count). The summed E-state index contributed by atoms with van der Waals surface area (Å²) in [5, 5.41) is 3.30. The first-order chi connectivity index (χ1) is 6.24. The van der Waals surface area contributed by atoms with E-state index in [1.807, 2.05) is 17.9 Å². The Bertz CT molecular complexity index is 201. The van der Waals surface area contributed by atoms with E-state index in [4.69, 9.17) is 0 Å². The molecular weight excluding hydrogens is 164 g/mol. The molecule has 74 valence electrons. The molecule has 1 fully saturated rings. The highest BCUT2D eigenvalue weighted by atomic mass is 16.2. The van der Waals surface area contributed by atoms with Crippen molar-refractivity contribution in [2.75, 3.05) is 19.6 Å². The van der Waals surface area contributed by atoms with Crippen molar-refractivity contribution in [3.63, 3.8) is 0 Å². The second kappa shape index (κ2) is 5.02. The van der Waals surface area contributed by atoms with Crippen molar-refractivity contribution in [1.29, 1.82) is 0 Å². The summed E-state index contributed by atoms with van der Waals surface area (Å²) in [4.78, 5) is 13.4. The summed E-state index contributed by atoms with van der Waals surface area (Å²) in [5.41, 5.74) is 0. The highest BCUT2D eigenvalue weighted by molar-refractivity contribution is 5.87. The molecule has 0 aromatic carbocycles. The lowest BCUT2D eigenvalue weighted by molar-refractivity contribution is -0.127. The topological polar surface area (TPSA) is 32.3 Å². The predicted octanol–water partition coefficient (Wildman–Crippen LogP) is 0.773. The van der Waals surface area contributed by atoms with Gasteiger partial charge in [0.1, 0.15) is 0 Å². The van der Waals surface area contributed by atoms with Gasteiger partial charge in [-0.05, 0) is 19.4 Å². The van der Waals surface area contributed by atoms with Gasteiger partial charge in [-0.2, -0.15) is 0 Å². The molecule has 3 heteroatoms. The van der Waals surface area contributed by atoms with Crippen LogP contribution in [-0.2, 0) is 4.79 Å². The minimum atomic E-state index is 0.148. The third-order valence-corrected chi connectivity index (χ3v) is 2.18. The summed E-state index contributed by atoms with van der Waals surface area (Å²) in [5.74, 6) is 0.148. The van der Waals surface area contributed by atoms with Crippen LogP contribution in [0.3, 0.4) is 0 Å². The fourth-order valence-electron chi connectivity index (χ4n) is 1.46. The van der Waals surface area contributed by atoms with Gasteiger partial charge in [0, 0.05) is 25.7 Å². The van der Waals surface area contributed by atoms with Crippen molar-refractivity contribution in [3.05, 3.63) is 12.2 Å². The van der Waals surface area contributed by atoms with Gasteiger partial charge >= 0.3 is 0 Å². The smallest absolute Gasteiger partial charge is 0.246 e. The maximum atomic E-state index is 11.5. The molecule has 0 radical (unpaired) electrons. The normalized spacial score (nSPS) is 23.8. The molecule has 1 aliphatic rings. The lowest BCUT2D eigenvalue weighted by Crippen LogP contribution is -2.50. The van der Waals surface area contributed by atoms with Crippen molar-refractivity contribution < 1.29 is 4.79 Å². The molecule has 0 spiro atoms. The summed E-state index contributed by atoms with van der Waals surface area (Å²) in [7, 11) is 0. The van der Waals surface area contributed by atoms with Crippen molar-refractivity contribution in [2.24, 2.45) is 0 Å². The maximum Gasteiger partial charge on any atom is 0.246 e. The molecule has 1 amide bonds. The molecule has 1 saturated heterocycles. The molecule has 1 N–H and O–H groups in total. The number of nitrogens with one attached hydrogen (secondary N) is 1. The molecule has 0 saturated carbocycles. The van der Waals surface area contributed by atoms with Crippen molar-refractivity contribution in [1.82, 2.24) is 10.2 Å². The van der Waals surface area contributed by atoms with E-state index < -0.39 is 0 Å². The number of allylic oxidation sites excluding steroid dienone is 1. The summed E-state index contributed by atoms with van der Waals surface area (Å²) in [6.07, 6.45) is 4.51. The third kappa shape index (κ3) is 3.19. The summed E-state index contributed by atoms with van der Waals surface area (Å²) >= 11 is 0. The number of carbonyl (C=O) groups excluding carboxylic acids is 1. The first-order valence-electron chi connectivity index (χ1n) is 4.93. The van der Waals surface area contributed by atoms with Crippen LogP contribution < -0.4 is 5.32 Å². The van der Waals surface area contributed by atoms with Crippen LogP contribution in [0.4, 0.5) is 0 Å². The highest BCUT2D eigenvalue weighted by Crippen LogP contribution is 1.99. The number of rotatable bonds is 2. The van der Waals surface area contributed by atoms with Gasteiger partial charge in [-0.25, -0.2) is 0 Å². The van der Waals surface area contributed by atoms with Gasteiger partial charge in [0.2, 0.25) is 5.91 Å². The van der Waals surface area contributed by atoms with E-state index in [0.717, 1.165) is 26.1 Å². The van der Waals surface area contributed by atoms with Crippen molar-refractivity contribution in [2.45, 2.75) is 26.3 Å². The van der Waals surface area contributed by atoms with Crippen LogP contribution in [0.25, 0.3) is 0 Å². The van der Waals surface area contributed by atoms with Gasteiger partial charge in [0.05, 0.1) is 0 Å². The summed E-state index contributed by atoms with van der Waals surface area (Å²) < 4.78 is 0. The SMILES string of the molecule is CC/C=C/C(=O)N1CCNC(C)C1. The minimum absolute atomic E-state index is 0.148. The Hall–Kier alpha value is -0.830. The maximum absolute atomic E-state index is 11.5. The molecule has 0 aliphatic carbocycles. The highest BCUT2D eigenvalue weighted by Gasteiger charge is 2.17. The Morgan fingerprint density at radius 1 is 1.69 bits per heavy atom. The van der Waals surface area contributed by atoms with E-state index in [1.54, 1.807) is 6.08 Å². The zero-order valence-corrected chi connectivity index (χ0v) is 8.42. The third-order valence-electron chi connectivity index (χ3n) is 2.18. The van der Waals surface area contributed by atoms with Gasteiger partial charge in [-0.1, -0.05) is 13.0 Å². The Balaban J connectivity index is 2.41. The number of hydrogen-bond donors (Lipinski definition) is 1. The number of nitrogens with zero attached hydrogens (tertiary/aromatic N) is 1. The number of piperazine rings is 1. The van der Waals surface area contributed by atoms with E-state index in [1.165, 1.54) is 0 Å². The lowest BCUT2D eigenvalue weighted by Gasteiger charge is -2.31. The van der Waals surface area contributed by atoms with Crippen LogP contribution >= 0.6 is 0 Å². The average molecular weight is 182 g/mol. The number of carbonyl (C=O) groups is 1. The minimum Gasteiger partial charge on any atom is -0.336 e. The second-order valence-electron chi connectivity index (χ2n) is 3.45. The summed E-state index contributed by atoms with van der Waals surface area (Å²) in [6.45, 7) is 6.70. The molecule has 1 atom stereocenters. The van der Waals surface area contributed by atoms with Gasteiger partial charge in [0.25, 0.3) is 0 Å². The first kappa shape index (κ1) is 10.3. The zero-order valence-electron chi connectivity index (χ0n) is 8.42. The van der Waals surface area contributed by atoms with Crippen LogP contribution in [0.5, 0.6) is 0 Å². The molecule has 1 heterocycles. The zero-order chi connectivity index (χ0) is 9.68. The Labute approximate surface area is 79.8 Å².